The van der Waals surface area contributed by atoms with Gasteiger partial charge in [0.2, 0.25) is 23.6 Å². The van der Waals surface area contributed by atoms with Crippen LogP contribution in [0.2, 0.25) is 0 Å². The summed E-state index contributed by atoms with van der Waals surface area (Å²) in [5, 5.41) is 20.4. The highest BCUT2D eigenvalue weighted by Crippen LogP contribution is 2.09. The smallest absolute Gasteiger partial charge is 0.326 e. The van der Waals surface area contributed by atoms with Crippen molar-refractivity contribution >= 4 is 35.6 Å². The van der Waals surface area contributed by atoms with Crippen molar-refractivity contribution < 1.29 is 29.1 Å². The molecule has 0 aliphatic carbocycles. The molecule has 4 atom stereocenters. The van der Waals surface area contributed by atoms with Crippen LogP contribution in [0.3, 0.4) is 0 Å². The molecule has 0 aromatic heterocycles. The number of nitrogens with two attached hydrogens (primary N) is 2. The van der Waals surface area contributed by atoms with Crippen molar-refractivity contribution in [2.75, 3.05) is 6.54 Å². The fourth-order valence-corrected chi connectivity index (χ4v) is 4.44. The first-order chi connectivity index (χ1) is 20.9. The third-order valence-corrected chi connectivity index (χ3v) is 6.70. The number of carboxylic acid groups (broad SMARTS) is 1. The van der Waals surface area contributed by atoms with Gasteiger partial charge in [-0.25, -0.2) is 4.79 Å². The van der Waals surface area contributed by atoms with Crippen LogP contribution < -0.4 is 32.7 Å². The van der Waals surface area contributed by atoms with Gasteiger partial charge in [0.05, 0.1) is 0 Å². The van der Waals surface area contributed by atoms with Gasteiger partial charge in [-0.15, -0.1) is 0 Å². The largest absolute Gasteiger partial charge is 0.480 e. The van der Waals surface area contributed by atoms with Crippen LogP contribution in [0.25, 0.3) is 0 Å². The molecule has 0 fully saturated rings. The lowest BCUT2D eigenvalue weighted by Crippen LogP contribution is -2.59. The highest BCUT2D eigenvalue weighted by Gasteiger charge is 2.32. The summed E-state index contributed by atoms with van der Waals surface area (Å²) in [6, 6.07) is 13.3. The Kier molecular flexibility index (Phi) is 14.3. The van der Waals surface area contributed by atoms with Crippen LogP contribution in [-0.2, 0) is 36.8 Å². The SMILES string of the molecule is CC(=O)N[C@H](C(=O)N[C@@H](CCCN=C(N)N)C(=O)N[C@@H](Cc1ccccc1)C(=O)N[C@@H](Cc1ccccc1)C(=O)O)C(C)C. The number of nitrogens with one attached hydrogen (secondary N) is 4. The van der Waals surface area contributed by atoms with Gasteiger partial charge < -0.3 is 37.8 Å². The molecule has 0 bridgehead atoms. The second-order valence-electron chi connectivity index (χ2n) is 10.8. The number of amides is 4. The van der Waals surface area contributed by atoms with E-state index in [0.29, 0.717) is 12.0 Å². The molecule has 9 N–H and O–H groups in total. The Hall–Kier alpha value is -4.94. The average Bonchev–Trinajstić information content (AvgIpc) is 2.97. The molecule has 0 saturated carbocycles. The summed E-state index contributed by atoms with van der Waals surface area (Å²) in [7, 11) is 0. The van der Waals surface area contributed by atoms with E-state index in [1.54, 1.807) is 74.5 Å². The van der Waals surface area contributed by atoms with Crippen molar-refractivity contribution in [1.82, 2.24) is 21.3 Å². The summed E-state index contributed by atoms with van der Waals surface area (Å²) in [6.45, 7) is 4.98. The number of rotatable bonds is 17. The lowest BCUT2D eigenvalue weighted by Gasteiger charge is -2.27. The number of hydrogen-bond acceptors (Lipinski definition) is 6. The van der Waals surface area contributed by atoms with Crippen LogP contribution in [0.5, 0.6) is 0 Å². The summed E-state index contributed by atoms with van der Waals surface area (Å²) < 4.78 is 0. The Morgan fingerprint density at radius 3 is 1.68 bits per heavy atom. The van der Waals surface area contributed by atoms with E-state index in [1.165, 1.54) is 6.92 Å². The van der Waals surface area contributed by atoms with Gasteiger partial charge in [0.1, 0.15) is 24.2 Å². The van der Waals surface area contributed by atoms with Gasteiger partial charge in [-0.3, -0.25) is 24.2 Å². The zero-order chi connectivity index (χ0) is 32.6. The fraction of sp³-hybridized carbons (Fsp3) is 0.419. The number of carbonyl (C=O) groups excluding carboxylic acids is 4. The van der Waals surface area contributed by atoms with Gasteiger partial charge >= 0.3 is 5.97 Å². The Balaban J connectivity index is 2.31. The van der Waals surface area contributed by atoms with Gasteiger partial charge in [0.25, 0.3) is 0 Å². The molecule has 2 aromatic carbocycles. The lowest BCUT2D eigenvalue weighted by molar-refractivity contribution is -0.142. The molecule has 13 heteroatoms. The van der Waals surface area contributed by atoms with Crippen LogP contribution in [-0.4, -0.2) is 71.4 Å². The third-order valence-electron chi connectivity index (χ3n) is 6.70. The zero-order valence-electron chi connectivity index (χ0n) is 25.3. The summed E-state index contributed by atoms with van der Waals surface area (Å²) in [5.74, 6) is -3.98. The van der Waals surface area contributed by atoms with Gasteiger partial charge in [-0.2, -0.15) is 0 Å². The van der Waals surface area contributed by atoms with E-state index in [9.17, 15) is 29.1 Å². The Morgan fingerprint density at radius 1 is 0.727 bits per heavy atom. The minimum atomic E-state index is -1.25. The number of hydrogen-bond donors (Lipinski definition) is 7. The molecule has 238 valence electrons. The molecule has 0 saturated heterocycles. The first kappa shape index (κ1) is 35.3. The van der Waals surface area contributed by atoms with Crippen molar-refractivity contribution in [3.8, 4) is 0 Å². The third kappa shape index (κ3) is 12.5. The number of carbonyl (C=O) groups is 5. The van der Waals surface area contributed by atoms with E-state index in [4.69, 9.17) is 11.5 Å². The Bertz CT molecular complexity index is 1280. The number of benzene rings is 2. The number of aliphatic carboxylic acids is 1. The maximum Gasteiger partial charge on any atom is 0.326 e. The molecule has 13 nitrogen and oxygen atoms in total. The van der Waals surface area contributed by atoms with Crippen molar-refractivity contribution in [3.05, 3.63) is 71.8 Å². The van der Waals surface area contributed by atoms with E-state index < -0.39 is 53.8 Å². The number of aliphatic imine (C=N–C) groups is 1. The monoisotopic (exact) mass is 609 g/mol. The van der Waals surface area contributed by atoms with E-state index in [-0.39, 0.29) is 37.7 Å². The minimum absolute atomic E-state index is 0.0388. The van der Waals surface area contributed by atoms with Crippen LogP contribution in [0.15, 0.2) is 65.7 Å². The molecule has 0 unspecified atom stereocenters. The normalized spacial score (nSPS) is 13.5. The van der Waals surface area contributed by atoms with Crippen molar-refractivity contribution in [2.45, 2.75) is 70.6 Å². The molecule has 0 aliphatic rings. The van der Waals surface area contributed by atoms with E-state index in [2.05, 4.69) is 26.3 Å². The molecular weight excluding hydrogens is 566 g/mol. The maximum absolute atomic E-state index is 13.6. The second kappa shape index (κ2) is 17.9. The molecule has 2 rings (SSSR count). The Labute approximate surface area is 257 Å². The molecule has 0 spiro atoms. The van der Waals surface area contributed by atoms with Crippen molar-refractivity contribution in [2.24, 2.45) is 22.4 Å². The molecular formula is C31H43N7O6. The van der Waals surface area contributed by atoms with E-state index in [1.807, 2.05) is 0 Å². The number of carboxylic acids is 1. The second-order valence-corrected chi connectivity index (χ2v) is 10.8. The quantitative estimate of drug-likeness (QED) is 0.0746. The molecule has 2 aromatic rings. The van der Waals surface area contributed by atoms with Crippen LogP contribution in [0, 0.1) is 5.92 Å². The fourth-order valence-electron chi connectivity index (χ4n) is 4.44. The lowest BCUT2D eigenvalue weighted by atomic mass is 10.0. The number of guanidine groups is 1. The molecule has 0 radical (unpaired) electrons. The minimum Gasteiger partial charge on any atom is -0.480 e. The molecule has 0 heterocycles. The van der Waals surface area contributed by atoms with Crippen LogP contribution in [0.4, 0.5) is 0 Å². The van der Waals surface area contributed by atoms with E-state index >= 15 is 0 Å². The topological polar surface area (TPSA) is 218 Å². The molecule has 0 aliphatic heterocycles. The highest BCUT2D eigenvalue weighted by molar-refractivity contribution is 5.95. The van der Waals surface area contributed by atoms with Gasteiger partial charge in [-0.1, -0.05) is 74.5 Å². The summed E-state index contributed by atoms with van der Waals surface area (Å²) >= 11 is 0. The van der Waals surface area contributed by atoms with Gasteiger partial charge in [0.15, 0.2) is 5.96 Å². The first-order valence-electron chi connectivity index (χ1n) is 14.4. The molecule has 4 amide bonds. The first-order valence-corrected chi connectivity index (χ1v) is 14.4. The average molecular weight is 610 g/mol. The van der Waals surface area contributed by atoms with Gasteiger partial charge in [-0.05, 0) is 29.9 Å². The highest BCUT2D eigenvalue weighted by atomic mass is 16.4. The number of nitrogens with zero attached hydrogens (tertiary/aromatic N) is 1. The van der Waals surface area contributed by atoms with Crippen molar-refractivity contribution in [1.29, 1.82) is 0 Å². The van der Waals surface area contributed by atoms with Crippen molar-refractivity contribution in [3.63, 3.8) is 0 Å². The summed E-state index contributed by atoms with van der Waals surface area (Å²) in [5.41, 5.74) is 12.2. The predicted octanol–water partition coefficient (Wildman–Crippen LogP) is 0.225. The van der Waals surface area contributed by atoms with Crippen LogP contribution >= 0.6 is 0 Å². The maximum atomic E-state index is 13.6. The summed E-state index contributed by atoms with van der Waals surface area (Å²) in [6.07, 6.45) is 0.531. The standard InChI is InChI=1S/C31H43N7O6/c1-19(2)26(35-20(3)39)29(42)36-23(15-10-16-34-31(32)33)27(40)37-24(17-21-11-6-4-7-12-21)28(41)38-25(30(43)44)18-22-13-8-5-9-14-22/h4-9,11-14,19,23-26H,10,15-18H2,1-3H3,(H,35,39)(H,36,42)(H,37,40)(H,38,41)(H,43,44)(H4,32,33,34)/t23-,24-,25-,26-/m0/s1. The Morgan fingerprint density at radius 2 is 1.20 bits per heavy atom. The zero-order valence-corrected chi connectivity index (χ0v) is 25.3. The van der Waals surface area contributed by atoms with E-state index in [0.717, 1.165) is 5.56 Å². The predicted molar refractivity (Wildman–Crippen MR) is 166 cm³/mol. The molecule has 44 heavy (non-hydrogen) atoms. The van der Waals surface area contributed by atoms with Crippen LogP contribution in [0.1, 0.15) is 44.7 Å². The summed E-state index contributed by atoms with van der Waals surface area (Å²) in [4.78, 5) is 68.0. The van der Waals surface area contributed by atoms with Gasteiger partial charge in [0, 0.05) is 26.3 Å².